The average Bonchev–Trinajstić information content (AvgIpc) is 2.53. The molecule has 5 nitrogen and oxygen atoms in total. The lowest BCUT2D eigenvalue weighted by atomic mass is 9.98. The van der Waals surface area contributed by atoms with E-state index in [0.29, 0.717) is 34.1 Å². The number of nitrogens with two attached hydrogens (primary N) is 1. The molecule has 0 saturated carbocycles. The molecule has 0 bridgehead atoms. The summed E-state index contributed by atoms with van der Waals surface area (Å²) in [6, 6.07) is 10.5. The number of nitrogen functional groups attached to an aromatic ring is 1. The second kappa shape index (κ2) is 6.37. The number of methoxy groups -OCH3 is 3. The summed E-state index contributed by atoms with van der Waals surface area (Å²) in [7, 11) is 4.65. The molecule has 0 spiro atoms. The fourth-order valence-electron chi connectivity index (χ4n) is 2.19. The third-order valence-electron chi connectivity index (χ3n) is 3.35. The van der Waals surface area contributed by atoms with E-state index >= 15 is 0 Å². The van der Waals surface area contributed by atoms with E-state index in [-0.39, 0.29) is 0 Å². The van der Waals surface area contributed by atoms with Gasteiger partial charge in [-0.2, -0.15) is 0 Å². The number of ether oxygens (including phenoxy) is 3. The highest BCUT2D eigenvalue weighted by molar-refractivity contribution is 5.61. The van der Waals surface area contributed by atoms with Crippen LogP contribution in [-0.2, 0) is 0 Å². The Kier molecular flexibility index (Phi) is 4.55. The summed E-state index contributed by atoms with van der Waals surface area (Å²) in [5.74, 6) is 1.71. The quantitative estimate of drug-likeness (QED) is 0.827. The van der Waals surface area contributed by atoms with Gasteiger partial charge in [0, 0.05) is 17.2 Å². The number of hydrogen-bond donors (Lipinski definition) is 2. The molecule has 0 aliphatic rings. The zero-order valence-corrected chi connectivity index (χ0v) is 12.3. The lowest BCUT2D eigenvalue weighted by molar-refractivity contribution is 0.215. The van der Waals surface area contributed by atoms with Gasteiger partial charge < -0.3 is 25.1 Å². The van der Waals surface area contributed by atoms with E-state index in [1.807, 2.05) is 0 Å². The molecule has 21 heavy (non-hydrogen) atoms. The van der Waals surface area contributed by atoms with Crippen LogP contribution in [-0.4, -0.2) is 26.4 Å². The third-order valence-corrected chi connectivity index (χ3v) is 3.35. The van der Waals surface area contributed by atoms with Crippen LogP contribution in [0.4, 0.5) is 5.69 Å². The highest BCUT2D eigenvalue weighted by Crippen LogP contribution is 2.37. The van der Waals surface area contributed by atoms with Crippen molar-refractivity contribution in [3.63, 3.8) is 0 Å². The molecule has 0 aliphatic carbocycles. The Morgan fingerprint density at radius 2 is 1.62 bits per heavy atom. The molecule has 3 N–H and O–H groups in total. The van der Waals surface area contributed by atoms with E-state index < -0.39 is 6.10 Å². The van der Waals surface area contributed by atoms with Crippen molar-refractivity contribution < 1.29 is 19.3 Å². The largest absolute Gasteiger partial charge is 0.497 e. The van der Waals surface area contributed by atoms with Gasteiger partial charge in [-0.05, 0) is 18.2 Å². The Labute approximate surface area is 123 Å². The molecule has 0 fully saturated rings. The fourth-order valence-corrected chi connectivity index (χ4v) is 2.19. The summed E-state index contributed by atoms with van der Waals surface area (Å²) in [5.41, 5.74) is 7.61. The standard InChI is InChI=1S/C16H19NO4/c1-19-10-7-8-11(14(9-10)21-3)16(18)12-5-4-6-13(20-2)15(12)17/h4-9,16,18H,17H2,1-3H3. The SMILES string of the molecule is COc1ccc(C(O)c2cccc(OC)c2N)c(OC)c1. The molecule has 0 aliphatic heterocycles. The van der Waals surface area contributed by atoms with E-state index in [2.05, 4.69) is 0 Å². The van der Waals surface area contributed by atoms with Crippen molar-refractivity contribution in [1.29, 1.82) is 0 Å². The maximum atomic E-state index is 10.6. The zero-order valence-electron chi connectivity index (χ0n) is 12.3. The van der Waals surface area contributed by atoms with Crippen molar-refractivity contribution in [2.24, 2.45) is 0 Å². The molecular formula is C16H19NO4. The van der Waals surface area contributed by atoms with Gasteiger partial charge in [0.1, 0.15) is 23.4 Å². The zero-order chi connectivity index (χ0) is 15.4. The van der Waals surface area contributed by atoms with Gasteiger partial charge in [-0.25, -0.2) is 0 Å². The van der Waals surface area contributed by atoms with Crippen molar-refractivity contribution >= 4 is 5.69 Å². The van der Waals surface area contributed by atoms with Crippen LogP contribution >= 0.6 is 0 Å². The van der Waals surface area contributed by atoms with Gasteiger partial charge in [-0.3, -0.25) is 0 Å². The lowest BCUT2D eigenvalue weighted by Gasteiger charge is -2.18. The molecule has 0 saturated heterocycles. The first-order valence-electron chi connectivity index (χ1n) is 6.44. The van der Waals surface area contributed by atoms with Gasteiger partial charge in [0.2, 0.25) is 0 Å². The normalized spacial score (nSPS) is 11.8. The first kappa shape index (κ1) is 15.0. The second-order valence-electron chi connectivity index (χ2n) is 4.47. The minimum atomic E-state index is -0.916. The summed E-state index contributed by atoms with van der Waals surface area (Å²) in [6.07, 6.45) is -0.916. The van der Waals surface area contributed by atoms with Crippen molar-refractivity contribution in [2.45, 2.75) is 6.10 Å². The molecule has 0 radical (unpaired) electrons. The third kappa shape index (κ3) is 2.87. The molecule has 1 unspecified atom stereocenters. The number of anilines is 1. The van der Waals surface area contributed by atoms with Gasteiger partial charge in [-0.15, -0.1) is 0 Å². The van der Waals surface area contributed by atoms with Crippen LogP contribution < -0.4 is 19.9 Å². The minimum absolute atomic E-state index is 0.408. The Balaban J connectivity index is 2.47. The minimum Gasteiger partial charge on any atom is -0.497 e. The first-order chi connectivity index (χ1) is 10.1. The monoisotopic (exact) mass is 289 g/mol. The van der Waals surface area contributed by atoms with Crippen LogP contribution in [0.25, 0.3) is 0 Å². The van der Waals surface area contributed by atoms with Gasteiger partial charge in [0.25, 0.3) is 0 Å². The topological polar surface area (TPSA) is 73.9 Å². The predicted molar refractivity (Wildman–Crippen MR) is 81.0 cm³/mol. The second-order valence-corrected chi connectivity index (χ2v) is 4.47. The number of benzene rings is 2. The van der Waals surface area contributed by atoms with E-state index in [0.717, 1.165) is 0 Å². The Morgan fingerprint density at radius 3 is 2.24 bits per heavy atom. The summed E-state index contributed by atoms with van der Waals surface area (Å²) < 4.78 is 15.6. The molecule has 2 aromatic rings. The first-order valence-corrected chi connectivity index (χ1v) is 6.44. The van der Waals surface area contributed by atoms with Crippen molar-refractivity contribution in [3.8, 4) is 17.2 Å². The summed E-state index contributed by atoms with van der Waals surface area (Å²) >= 11 is 0. The molecule has 2 aromatic carbocycles. The maximum absolute atomic E-state index is 10.6. The molecule has 112 valence electrons. The Bertz CT molecular complexity index is 628. The van der Waals surface area contributed by atoms with E-state index in [1.165, 1.54) is 7.11 Å². The van der Waals surface area contributed by atoms with Crippen LogP contribution in [0.5, 0.6) is 17.2 Å². The van der Waals surface area contributed by atoms with Crippen LogP contribution in [0.1, 0.15) is 17.2 Å². The van der Waals surface area contributed by atoms with Crippen molar-refractivity contribution in [1.82, 2.24) is 0 Å². The number of para-hydroxylation sites is 1. The van der Waals surface area contributed by atoms with Crippen LogP contribution in [0.3, 0.4) is 0 Å². The molecule has 0 heterocycles. The summed E-state index contributed by atoms with van der Waals surface area (Å²) in [4.78, 5) is 0. The van der Waals surface area contributed by atoms with Gasteiger partial charge >= 0.3 is 0 Å². The average molecular weight is 289 g/mol. The van der Waals surface area contributed by atoms with Gasteiger partial charge in [-0.1, -0.05) is 12.1 Å². The van der Waals surface area contributed by atoms with Crippen molar-refractivity contribution in [2.75, 3.05) is 27.1 Å². The molecular weight excluding hydrogens is 270 g/mol. The Morgan fingerprint density at radius 1 is 0.905 bits per heavy atom. The molecule has 5 heteroatoms. The molecule has 2 rings (SSSR count). The number of rotatable bonds is 5. The van der Waals surface area contributed by atoms with Crippen LogP contribution in [0.15, 0.2) is 36.4 Å². The smallest absolute Gasteiger partial charge is 0.142 e. The van der Waals surface area contributed by atoms with E-state index in [1.54, 1.807) is 50.6 Å². The van der Waals surface area contributed by atoms with E-state index in [4.69, 9.17) is 19.9 Å². The van der Waals surface area contributed by atoms with Gasteiger partial charge in [0.15, 0.2) is 0 Å². The lowest BCUT2D eigenvalue weighted by Crippen LogP contribution is -2.07. The summed E-state index contributed by atoms with van der Waals surface area (Å²) in [6.45, 7) is 0. The number of aliphatic hydroxyl groups is 1. The highest BCUT2D eigenvalue weighted by atomic mass is 16.5. The van der Waals surface area contributed by atoms with E-state index in [9.17, 15) is 5.11 Å². The maximum Gasteiger partial charge on any atom is 0.142 e. The van der Waals surface area contributed by atoms with Gasteiger partial charge in [0.05, 0.1) is 27.0 Å². The number of hydrogen-bond acceptors (Lipinski definition) is 5. The van der Waals surface area contributed by atoms with Crippen molar-refractivity contribution in [3.05, 3.63) is 47.5 Å². The highest BCUT2D eigenvalue weighted by Gasteiger charge is 2.20. The van der Waals surface area contributed by atoms with Crippen LogP contribution in [0.2, 0.25) is 0 Å². The molecule has 0 amide bonds. The fraction of sp³-hybridized carbons (Fsp3) is 0.250. The molecule has 0 aromatic heterocycles. The predicted octanol–water partition coefficient (Wildman–Crippen LogP) is 2.38. The van der Waals surface area contributed by atoms with Crippen LogP contribution in [0, 0.1) is 0 Å². The molecule has 1 atom stereocenters. The Hall–Kier alpha value is -2.40. The number of aliphatic hydroxyl groups excluding tert-OH is 1. The summed E-state index contributed by atoms with van der Waals surface area (Å²) in [5, 5.41) is 10.6.